The fourth-order valence-electron chi connectivity index (χ4n) is 2.73. The van der Waals surface area contributed by atoms with E-state index in [9.17, 15) is 4.79 Å². The molecule has 0 aromatic rings. The van der Waals surface area contributed by atoms with E-state index in [1.54, 1.807) is 18.0 Å². The van der Waals surface area contributed by atoms with E-state index >= 15 is 0 Å². The van der Waals surface area contributed by atoms with Gasteiger partial charge >= 0.3 is 0 Å². The molecule has 1 fully saturated rings. The Labute approximate surface area is 105 Å². The molecule has 1 unspecified atom stereocenters. The van der Waals surface area contributed by atoms with Gasteiger partial charge < -0.3 is 15.8 Å². The zero-order valence-electron chi connectivity index (χ0n) is 9.57. The van der Waals surface area contributed by atoms with E-state index in [0.29, 0.717) is 0 Å². The standard InChI is InChI=1S/C12H16N2O2S/c13-11(15)9-7-8-1-6-16-12(10(8)17-9)2-4-14-5-3-12/h1,6,9,14H,2-5,7H2,(H2,13,15). The summed E-state index contributed by atoms with van der Waals surface area (Å²) in [6.07, 6.45) is 6.46. The average Bonchev–Trinajstić information content (AvgIpc) is 2.76. The normalized spacial score (nSPS) is 30.2. The predicted octanol–water partition coefficient (Wildman–Crippen LogP) is 0.897. The number of allylic oxidation sites excluding steroid dienone is 2. The molecule has 1 atom stereocenters. The summed E-state index contributed by atoms with van der Waals surface area (Å²) in [5, 5.41) is 3.23. The Balaban J connectivity index is 1.89. The Hall–Kier alpha value is -0.940. The minimum absolute atomic E-state index is 0.113. The fraction of sp³-hybridized carbons (Fsp3) is 0.583. The highest BCUT2D eigenvalue weighted by Crippen LogP contribution is 2.50. The number of hydrogen-bond acceptors (Lipinski definition) is 4. The molecule has 92 valence electrons. The predicted molar refractivity (Wildman–Crippen MR) is 67.3 cm³/mol. The number of carbonyl (C=O) groups excluding carboxylic acids is 1. The first-order valence-corrected chi connectivity index (χ1v) is 6.84. The Bertz CT molecular complexity index is 411. The van der Waals surface area contributed by atoms with Crippen LogP contribution in [-0.4, -0.2) is 29.8 Å². The van der Waals surface area contributed by atoms with Crippen LogP contribution < -0.4 is 11.1 Å². The highest BCUT2D eigenvalue weighted by molar-refractivity contribution is 8.04. The molecule has 1 spiro atoms. The quantitative estimate of drug-likeness (QED) is 0.727. The fourth-order valence-corrected chi connectivity index (χ4v) is 4.16. The summed E-state index contributed by atoms with van der Waals surface area (Å²) in [7, 11) is 0. The minimum atomic E-state index is -0.220. The van der Waals surface area contributed by atoms with Crippen LogP contribution in [0.5, 0.6) is 0 Å². The second kappa shape index (κ2) is 4.07. The maximum Gasteiger partial charge on any atom is 0.231 e. The molecule has 0 aromatic heterocycles. The van der Waals surface area contributed by atoms with Gasteiger partial charge in [0.1, 0.15) is 5.60 Å². The largest absolute Gasteiger partial charge is 0.490 e. The number of hydrogen-bond donors (Lipinski definition) is 2. The lowest BCUT2D eigenvalue weighted by atomic mass is 9.87. The Morgan fingerprint density at radius 2 is 2.29 bits per heavy atom. The molecule has 3 heterocycles. The minimum Gasteiger partial charge on any atom is -0.490 e. The van der Waals surface area contributed by atoms with Gasteiger partial charge in [0.05, 0.1) is 11.5 Å². The third-order valence-corrected chi connectivity index (χ3v) is 5.22. The molecule has 0 aliphatic carbocycles. The SMILES string of the molecule is NC(=O)C1CC2=C(S1)C1(CCNCC1)OC=C2. The molecule has 3 aliphatic heterocycles. The smallest absolute Gasteiger partial charge is 0.231 e. The van der Waals surface area contributed by atoms with E-state index in [1.165, 1.54) is 10.5 Å². The highest BCUT2D eigenvalue weighted by atomic mass is 32.2. The molecule has 3 N–H and O–H groups in total. The van der Waals surface area contributed by atoms with Crippen LogP contribution in [0.15, 0.2) is 22.8 Å². The van der Waals surface area contributed by atoms with Crippen LogP contribution in [0.3, 0.4) is 0 Å². The van der Waals surface area contributed by atoms with Crippen LogP contribution in [0.4, 0.5) is 0 Å². The molecule has 3 aliphatic rings. The van der Waals surface area contributed by atoms with Crippen molar-refractivity contribution in [3.05, 3.63) is 22.8 Å². The summed E-state index contributed by atoms with van der Waals surface area (Å²) in [5.41, 5.74) is 6.46. The molecule has 1 saturated heterocycles. The van der Waals surface area contributed by atoms with Crippen LogP contribution in [0.25, 0.3) is 0 Å². The Kier molecular flexibility index (Phi) is 2.67. The molecular weight excluding hydrogens is 236 g/mol. The van der Waals surface area contributed by atoms with E-state index in [4.69, 9.17) is 10.5 Å². The van der Waals surface area contributed by atoms with Gasteiger partial charge in [0.25, 0.3) is 0 Å². The first kappa shape index (κ1) is 11.2. The van der Waals surface area contributed by atoms with Crippen LogP contribution in [0, 0.1) is 0 Å². The average molecular weight is 252 g/mol. The molecule has 4 nitrogen and oxygen atoms in total. The Morgan fingerprint density at radius 1 is 1.53 bits per heavy atom. The third-order valence-electron chi connectivity index (χ3n) is 3.66. The van der Waals surface area contributed by atoms with Crippen molar-refractivity contribution >= 4 is 17.7 Å². The van der Waals surface area contributed by atoms with Crippen LogP contribution in [-0.2, 0) is 9.53 Å². The number of amides is 1. The molecule has 0 bridgehead atoms. The summed E-state index contributed by atoms with van der Waals surface area (Å²) in [5.74, 6) is -0.220. The maximum absolute atomic E-state index is 11.3. The summed E-state index contributed by atoms with van der Waals surface area (Å²) < 4.78 is 5.90. The molecule has 17 heavy (non-hydrogen) atoms. The van der Waals surface area contributed by atoms with Crippen molar-refractivity contribution in [3.63, 3.8) is 0 Å². The molecule has 0 saturated carbocycles. The molecule has 3 rings (SSSR count). The van der Waals surface area contributed by atoms with Crippen LogP contribution in [0.1, 0.15) is 19.3 Å². The second-order valence-electron chi connectivity index (χ2n) is 4.73. The van der Waals surface area contributed by atoms with Gasteiger partial charge in [-0.1, -0.05) is 0 Å². The second-order valence-corrected chi connectivity index (χ2v) is 5.95. The number of primary amides is 1. The van der Waals surface area contributed by atoms with Crippen molar-refractivity contribution < 1.29 is 9.53 Å². The molecule has 1 amide bonds. The van der Waals surface area contributed by atoms with Gasteiger partial charge in [0, 0.05) is 17.7 Å². The van der Waals surface area contributed by atoms with Crippen LogP contribution >= 0.6 is 11.8 Å². The highest BCUT2D eigenvalue weighted by Gasteiger charge is 2.45. The van der Waals surface area contributed by atoms with Gasteiger partial charge in [-0.05, 0) is 31.2 Å². The van der Waals surface area contributed by atoms with Crippen molar-refractivity contribution in [1.82, 2.24) is 5.32 Å². The number of thioether (sulfide) groups is 1. The molecule has 5 heteroatoms. The number of carbonyl (C=O) groups is 1. The molecule has 0 aromatic carbocycles. The van der Waals surface area contributed by atoms with Crippen molar-refractivity contribution in [3.8, 4) is 0 Å². The van der Waals surface area contributed by atoms with Gasteiger partial charge in [0.15, 0.2) is 0 Å². The Morgan fingerprint density at radius 3 is 3.00 bits per heavy atom. The lowest BCUT2D eigenvalue weighted by Crippen LogP contribution is -2.44. The van der Waals surface area contributed by atoms with E-state index in [0.717, 1.165) is 32.4 Å². The van der Waals surface area contributed by atoms with Gasteiger partial charge in [0.2, 0.25) is 5.91 Å². The van der Waals surface area contributed by atoms with Crippen LogP contribution in [0.2, 0.25) is 0 Å². The maximum atomic E-state index is 11.3. The number of fused-ring (bicyclic) bond motifs is 1. The zero-order chi connectivity index (χ0) is 11.9. The van der Waals surface area contributed by atoms with Crippen molar-refractivity contribution in [2.75, 3.05) is 13.1 Å². The first-order chi connectivity index (χ1) is 8.21. The van der Waals surface area contributed by atoms with E-state index < -0.39 is 0 Å². The van der Waals surface area contributed by atoms with Gasteiger partial charge in [-0.2, -0.15) is 0 Å². The van der Waals surface area contributed by atoms with E-state index in [1.807, 2.05) is 6.08 Å². The van der Waals surface area contributed by atoms with Gasteiger partial charge in [-0.15, -0.1) is 11.8 Å². The summed E-state index contributed by atoms with van der Waals surface area (Å²) >= 11 is 1.61. The first-order valence-electron chi connectivity index (χ1n) is 5.96. The van der Waals surface area contributed by atoms with Crippen molar-refractivity contribution in [2.45, 2.75) is 30.1 Å². The molecule has 0 radical (unpaired) electrons. The van der Waals surface area contributed by atoms with E-state index in [2.05, 4.69) is 5.32 Å². The van der Waals surface area contributed by atoms with Crippen molar-refractivity contribution in [2.24, 2.45) is 5.73 Å². The number of nitrogens with one attached hydrogen (secondary N) is 1. The number of piperidine rings is 1. The lowest BCUT2D eigenvalue weighted by Gasteiger charge is -2.39. The summed E-state index contributed by atoms with van der Waals surface area (Å²) in [6.45, 7) is 1.93. The number of nitrogens with two attached hydrogens (primary N) is 1. The monoisotopic (exact) mass is 252 g/mol. The van der Waals surface area contributed by atoms with Crippen molar-refractivity contribution in [1.29, 1.82) is 0 Å². The summed E-state index contributed by atoms with van der Waals surface area (Å²) in [4.78, 5) is 12.6. The number of rotatable bonds is 1. The zero-order valence-corrected chi connectivity index (χ0v) is 10.4. The third kappa shape index (κ3) is 1.77. The van der Waals surface area contributed by atoms with E-state index in [-0.39, 0.29) is 16.8 Å². The van der Waals surface area contributed by atoms with Gasteiger partial charge in [-0.25, -0.2) is 0 Å². The number of ether oxygens (including phenoxy) is 1. The lowest BCUT2D eigenvalue weighted by molar-refractivity contribution is -0.117. The molecular formula is C12H16N2O2S. The summed E-state index contributed by atoms with van der Waals surface area (Å²) in [6, 6.07) is 0. The van der Waals surface area contributed by atoms with Gasteiger partial charge in [-0.3, -0.25) is 4.79 Å². The topological polar surface area (TPSA) is 64.4 Å².